The third kappa shape index (κ3) is 3.41. The van der Waals surface area contributed by atoms with Crippen LogP contribution in [0, 0.1) is 0 Å². The minimum Gasteiger partial charge on any atom is -0.332 e. The van der Waals surface area contributed by atoms with Gasteiger partial charge in [0.2, 0.25) is 0 Å². The molecule has 0 aliphatic carbocycles. The molecule has 24 heavy (non-hydrogen) atoms. The van der Waals surface area contributed by atoms with Crippen LogP contribution in [0.2, 0.25) is 5.02 Å². The molecule has 0 bridgehead atoms. The fourth-order valence-electron chi connectivity index (χ4n) is 2.76. The number of amides is 1. The highest BCUT2D eigenvalue weighted by Crippen LogP contribution is 2.21. The van der Waals surface area contributed by atoms with Crippen LogP contribution in [0.1, 0.15) is 29.8 Å². The highest BCUT2D eigenvalue weighted by molar-refractivity contribution is 6.30. The summed E-state index contributed by atoms with van der Waals surface area (Å²) in [4.78, 5) is 19.3. The van der Waals surface area contributed by atoms with Crippen molar-refractivity contribution in [3.05, 3.63) is 76.9 Å². The van der Waals surface area contributed by atoms with E-state index in [0.29, 0.717) is 17.1 Å². The Morgan fingerprint density at radius 3 is 2.67 bits per heavy atom. The number of halogens is 1. The molecule has 0 radical (unpaired) electrons. The summed E-state index contributed by atoms with van der Waals surface area (Å²) in [6.07, 6.45) is 1.69. The highest BCUT2D eigenvalue weighted by Gasteiger charge is 2.21. The average Bonchev–Trinajstić information content (AvgIpc) is 2.58. The Labute approximate surface area is 146 Å². The lowest BCUT2D eigenvalue weighted by Gasteiger charge is -2.27. The van der Waals surface area contributed by atoms with E-state index >= 15 is 0 Å². The lowest BCUT2D eigenvalue weighted by atomic mass is 10.1. The molecule has 1 amide bonds. The number of aromatic nitrogens is 1. The number of nitrogens with zero attached hydrogens (tertiary/aromatic N) is 2. The largest absolute Gasteiger partial charge is 0.332 e. The van der Waals surface area contributed by atoms with Gasteiger partial charge in [0.25, 0.3) is 5.91 Å². The van der Waals surface area contributed by atoms with Gasteiger partial charge in [0.15, 0.2) is 0 Å². The molecule has 1 heterocycles. The molecule has 1 aromatic heterocycles. The minimum atomic E-state index is 0.00331. The molecule has 2 aromatic carbocycles. The number of pyridine rings is 1. The number of benzene rings is 2. The number of carbonyl (C=O) groups is 1. The third-order valence-electron chi connectivity index (χ3n) is 4.01. The first-order valence-corrected chi connectivity index (χ1v) is 8.33. The van der Waals surface area contributed by atoms with Crippen molar-refractivity contribution in [1.29, 1.82) is 0 Å². The number of hydrogen-bond donors (Lipinski definition) is 0. The van der Waals surface area contributed by atoms with E-state index in [2.05, 4.69) is 4.98 Å². The molecule has 0 aliphatic heterocycles. The molecule has 3 aromatic rings. The van der Waals surface area contributed by atoms with Gasteiger partial charge < -0.3 is 4.90 Å². The quantitative estimate of drug-likeness (QED) is 0.675. The summed E-state index contributed by atoms with van der Waals surface area (Å²) in [6, 6.07) is 17.2. The Hall–Kier alpha value is -2.39. The van der Waals surface area contributed by atoms with Crippen LogP contribution in [-0.2, 0) is 6.54 Å². The van der Waals surface area contributed by atoms with E-state index < -0.39 is 0 Å². The Kier molecular flexibility index (Phi) is 4.81. The number of fused-ring (bicyclic) bond motifs is 1. The zero-order chi connectivity index (χ0) is 17.1. The Morgan fingerprint density at radius 2 is 1.92 bits per heavy atom. The van der Waals surface area contributed by atoms with Gasteiger partial charge in [0, 0.05) is 29.2 Å². The van der Waals surface area contributed by atoms with E-state index in [1.165, 1.54) is 0 Å². The maximum absolute atomic E-state index is 13.2. The van der Waals surface area contributed by atoms with Crippen LogP contribution in [0.15, 0.2) is 60.8 Å². The van der Waals surface area contributed by atoms with Gasteiger partial charge in [-0.05, 0) is 43.7 Å². The molecule has 0 spiro atoms. The van der Waals surface area contributed by atoms with Crippen LogP contribution >= 0.6 is 11.6 Å². The Balaban J connectivity index is 1.97. The van der Waals surface area contributed by atoms with Gasteiger partial charge in [0.1, 0.15) is 0 Å². The smallest absolute Gasteiger partial charge is 0.255 e. The fourth-order valence-corrected chi connectivity index (χ4v) is 2.97. The predicted molar refractivity (Wildman–Crippen MR) is 98.2 cm³/mol. The third-order valence-corrected chi connectivity index (χ3v) is 4.24. The van der Waals surface area contributed by atoms with Crippen molar-refractivity contribution in [2.45, 2.75) is 26.4 Å². The first kappa shape index (κ1) is 16.5. The van der Waals surface area contributed by atoms with Gasteiger partial charge in [-0.1, -0.05) is 41.9 Å². The summed E-state index contributed by atoms with van der Waals surface area (Å²) < 4.78 is 0. The van der Waals surface area contributed by atoms with Crippen molar-refractivity contribution >= 4 is 28.4 Å². The van der Waals surface area contributed by atoms with E-state index in [1.54, 1.807) is 12.3 Å². The van der Waals surface area contributed by atoms with Crippen LogP contribution in [0.5, 0.6) is 0 Å². The molecule has 3 nitrogen and oxygen atoms in total. The standard InChI is InChI=1S/C20H19ClN2O/c1-14(2)23(13-15-6-5-7-16(21)12-15)20(24)18-10-11-22-19-9-4-3-8-17(18)19/h3-12,14H,13H2,1-2H3. The normalized spacial score (nSPS) is 11.0. The van der Waals surface area contributed by atoms with Crippen molar-refractivity contribution in [2.24, 2.45) is 0 Å². The van der Waals surface area contributed by atoms with Crippen molar-refractivity contribution in [1.82, 2.24) is 9.88 Å². The van der Waals surface area contributed by atoms with Gasteiger partial charge in [-0.2, -0.15) is 0 Å². The van der Waals surface area contributed by atoms with Crippen LogP contribution in [-0.4, -0.2) is 21.8 Å². The maximum Gasteiger partial charge on any atom is 0.255 e. The molecule has 0 fully saturated rings. The SMILES string of the molecule is CC(C)N(Cc1cccc(Cl)c1)C(=O)c1ccnc2ccccc12. The van der Waals surface area contributed by atoms with Crippen LogP contribution in [0.3, 0.4) is 0 Å². The van der Waals surface area contributed by atoms with Crippen LogP contribution in [0.4, 0.5) is 0 Å². The first-order chi connectivity index (χ1) is 11.6. The predicted octanol–water partition coefficient (Wildman–Crippen LogP) is 4.94. The van der Waals surface area contributed by atoms with Crippen molar-refractivity contribution in [3.63, 3.8) is 0 Å². The van der Waals surface area contributed by atoms with Crippen LogP contribution < -0.4 is 0 Å². The van der Waals surface area contributed by atoms with Crippen molar-refractivity contribution in [2.75, 3.05) is 0 Å². The molecule has 122 valence electrons. The second kappa shape index (κ2) is 7.02. The maximum atomic E-state index is 13.2. The molecular formula is C20H19ClN2O. The lowest BCUT2D eigenvalue weighted by molar-refractivity contribution is 0.0692. The van der Waals surface area contributed by atoms with Crippen molar-refractivity contribution in [3.8, 4) is 0 Å². The van der Waals surface area contributed by atoms with E-state index in [4.69, 9.17) is 11.6 Å². The number of rotatable bonds is 4. The summed E-state index contributed by atoms with van der Waals surface area (Å²) >= 11 is 6.07. The number of para-hydroxylation sites is 1. The van der Waals surface area contributed by atoms with Gasteiger partial charge in [0.05, 0.1) is 11.1 Å². The highest BCUT2D eigenvalue weighted by atomic mass is 35.5. The zero-order valence-corrected chi connectivity index (χ0v) is 14.5. The molecule has 3 rings (SSSR count). The monoisotopic (exact) mass is 338 g/mol. The van der Waals surface area contributed by atoms with Crippen LogP contribution in [0.25, 0.3) is 10.9 Å². The lowest BCUT2D eigenvalue weighted by Crippen LogP contribution is -2.36. The van der Waals surface area contributed by atoms with Gasteiger partial charge in [-0.25, -0.2) is 0 Å². The minimum absolute atomic E-state index is 0.00331. The zero-order valence-electron chi connectivity index (χ0n) is 13.7. The van der Waals surface area contributed by atoms with Gasteiger partial charge in [-0.15, -0.1) is 0 Å². The molecule has 0 saturated heterocycles. The molecular weight excluding hydrogens is 320 g/mol. The Bertz CT molecular complexity index is 871. The first-order valence-electron chi connectivity index (χ1n) is 7.95. The molecule has 0 aliphatic rings. The second-order valence-corrected chi connectivity index (χ2v) is 6.47. The average molecular weight is 339 g/mol. The van der Waals surface area contributed by atoms with E-state index in [-0.39, 0.29) is 11.9 Å². The van der Waals surface area contributed by atoms with Gasteiger partial charge >= 0.3 is 0 Å². The topological polar surface area (TPSA) is 33.2 Å². The van der Waals surface area contributed by atoms with E-state index in [9.17, 15) is 4.79 Å². The van der Waals surface area contributed by atoms with E-state index in [1.807, 2.05) is 67.3 Å². The summed E-state index contributed by atoms with van der Waals surface area (Å²) in [5, 5.41) is 1.56. The molecule has 4 heteroatoms. The molecule has 0 saturated carbocycles. The number of carbonyl (C=O) groups excluding carboxylic acids is 1. The van der Waals surface area contributed by atoms with E-state index in [0.717, 1.165) is 16.5 Å². The van der Waals surface area contributed by atoms with Crippen molar-refractivity contribution < 1.29 is 4.79 Å². The number of hydrogen-bond acceptors (Lipinski definition) is 2. The molecule has 0 atom stereocenters. The summed E-state index contributed by atoms with van der Waals surface area (Å²) in [7, 11) is 0. The Morgan fingerprint density at radius 1 is 1.12 bits per heavy atom. The summed E-state index contributed by atoms with van der Waals surface area (Å²) in [6.45, 7) is 4.56. The molecule has 0 unspecified atom stereocenters. The second-order valence-electron chi connectivity index (χ2n) is 6.03. The fraction of sp³-hybridized carbons (Fsp3) is 0.200. The summed E-state index contributed by atoms with van der Waals surface area (Å²) in [5.41, 5.74) is 2.52. The summed E-state index contributed by atoms with van der Waals surface area (Å²) in [5.74, 6) is 0.00331. The van der Waals surface area contributed by atoms with Gasteiger partial charge in [-0.3, -0.25) is 9.78 Å². The molecule has 0 N–H and O–H groups in total.